The summed E-state index contributed by atoms with van der Waals surface area (Å²) in [5.41, 5.74) is 5.16. The molecule has 271 valence electrons. The summed E-state index contributed by atoms with van der Waals surface area (Å²) in [5.74, 6) is 0.795. The maximum Gasteiger partial charge on any atom is 0.416 e. The van der Waals surface area contributed by atoms with Crippen LogP contribution in [0.3, 0.4) is 0 Å². The van der Waals surface area contributed by atoms with Crippen LogP contribution in [0, 0.1) is 76.2 Å². The summed E-state index contributed by atoms with van der Waals surface area (Å²) in [4.78, 5) is 17.5. The van der Waals surface area contributed by atoms with Gasteiger partial charge in [0.05, 0.1) is 23.7 Å². The molecule has 3 aromatic rings. The van der Waals surface area contributed by atoms with E-state index in [0.717, 1.165) is 46.2 Å². The Bertz CT molecular complexity index is 1980. The average molecular weight is 933 g/mol. The van der Waals surface area contributed by atoms with E-state index in [4.69, 9.17) is 23.7 Å². The second-order valence-electron chi connectivity index (χ2n) is 13.5. The minimum absolute atomic E-state index is 0. The van der Waals surface area contributed by atoms with Crippen LogP contribution in [-0.4, -0.2) is 73.4 Å². The fourth-order valence-corrected chi connectivity index (χ4v) is 8.35. The van der Waals surface area contributed by atoms with Crippen molar-refractivity contribution in [1.82, 2.24) is 9.80 Å². The monoisotopic (exact) mass is 932 g/mol. The maximum atomic E-state index is 13.3. The molecule has 4 aliphatic rings. The molecule has 7 rings (SSSR count). The van der Waals surface area contributed by atoms with Gasteiger partial charge in [0.2, 0.25) is 6.79 Å². The molecule has 1 radical (unpaired) electrons. The minimum Gasteiger partial charge on any atom is -0.507 e. The molecule has 1 fully saturated rings. The van der Waals surface area contributed by atoms with Crippen molar-refractivity contribution in [2.75, 3.05) is 34.4 Å². The number of nitriles is 1. The molecule has 0 saturated carbocycles. The first-order valence-corrected chi connectivity index (χ1v) is 16.6. The zero-order valence-corrected chi connectivity index (χ0v) is 34.2. The van der Waals surface area contributed by atoms with E-state index >= 15 is 0 Å². The van der Waals surface area contributed by atoms with Gasteiger partial charge in [-0.3, -0.25) is 9.80 Å². The van der Waals surface area contributed by atoms with Gasteiger partial charge in [-0.15, -0.1) is 0 Å². The third-order valence-electron chi connectivity index (χ3n) is 10.8. The summed E-state index contributed by atoms with van der Waals surface area (Å²) in [6.45, 7) is 5.54. The molecule has 4 heterocycles. The van der Waals surface area contributed by atoms with E-state index in [-0.39, 0.29) is 93.7 Å². The SMILES string of the molecule is COCOc1c(C)c(C)cc2c1[C@@H]1C3Cc4c(O)c(C)c5c(c4[C@H](COC(=O)/C=C/c4cccc(C(F)(F)F)c4)N3[C@@H](C#N)[C@H](C2)N1C)OCO5.[Ac]. The van der Waals surface area contributed by atoms with Gasteiger partial charge < -0.3 is 28.8 Å². The number of fused-ring (bicyclic) bond motifs is 9. The molecule has 4 aliphatic heterocycles. The molecule has 1 saturated heterocycles. The number of piperazine rings is 1. The second kappa shape index (κ2) is 14.8. The van der Waals surface area contributed by atoms with Gasteiger partial charge in [-0.1, -0.05) is 18.2 Å². The van der Waals surface area contributed by atoms with Gasteiger partial charge in [-0.05, 0) is 81.1 Å². The first-order chi connectivity index (χ1) is 24.3. The molecule has 0 amide bonds. The summed E-state index contributed by atoms with van der Waals surface area (Å²) in [5, 5.41) is 22.5. The molecule has 0 aliphatic carbocycles. The molecular weight excluding hydrogens is 894 g/mol. The van der Waals surface area contributed by atoms with E-state index in [1.165, 1.54) is 18.2 Å². The Kier molecular flexibility index (Phi) is 11.0. The zero-order chi connectivity index (χ0) is 36.4. The van der Waals surface area contributed by atoms with Crippen molar-refractivity contribution < 1.29 is 90.8 Å². The molecule has 0 aromatic heterocycles. The summed E-state index contributed by atoms with van der Waals surface area (Å²) in [6, 6.07) is 7.02. The van der Waals surface area contributed by atoms with E-state index in [0.29, 0.717) is 41.0 Å². The number of phenols is 1. The number of phenolic OH excluding ortho intramolecular Hbond substituents is 1. The minimum atomic E-state index is -4.53. The molecule has 3 aromatic carbocycles. The number of aryl methyl sites for hydroxylation is 1. The maximum absolute atomic E-state index is 13.3. The molecule has 5 atom stereocenters. The molecule has 0 spiro atoms. The van der Waals surface area contributed by atoms with E-state index in [2.05, 4.69) is 21.9 Å². The van der Waals surface area contributed by atoms with Crippen LogP contribution < -0.4 is 14.2 Å². The Labute approximate surface area is 335 Å². The topological polar surface area (TPSA) is 114 Å². The number of aromatic hydroxyl groups is 1. The Morgan fingerprint density at radius 1 is 1.10 bits per heavy atom. The van der Waals surface area contributed by atoms with Crippen LogP contribution in [0.25, 0.3) is 6.08 Å². The third-order valence-corrected chi connectivity index (χ3v) is 10.8. The fourth-order valence-electron chi connectivity index (χ4n) is 8.35. The van der Waals surface area contributed by atoms with Gasteiger partial charge in [0, 0.05) is 91.6 Å². The second-order valence-corrected chi connectivity index (χ2v) is 13.5. The zero-order valence-electron chi connectivity index (χ0n) is 29.4. The van der Waals surface area contributed by atoms with Gasteiger partial charge >= 0.3 is 12.1 Å². The smallest absolute Gasteiger partial charge is 0.416 e. The number of carbonyl (C=O) groups excluding carboxylic acids is 1. The molecule has 2 bridgehead atoms. The van der Waals surface area contributed by atoms with E-state index in [1.807, 2.05) is 20.9 Å². The largest absolute Gasteiger partial charge is 0.507 e. The van der Waals surface area contributed by atoms with Gasteiger partial charge in [-0.25, -0.2) is 4.79 Å². The predicted molar refractivity (Wildman–Crippen MR) is 178 cm³/mol. The normalized spacial score (nSPS) is 23.2. The van der Waals surface area contributed by atoms with Crippen LogP contribution in [-0.2, 0) is 33.3 Å². The number of hydrogen-bond donors (Lipinski definition) is 1. The van der Waals surface area contributed by atoms with Crippen LogP contribution in [0.4, 0.5) is 13.2 Å². The van der Waals surface area contributed by atoms with Crippen LogP contribution in [0.15, 0.2) is 36.4 Å². The quantitative estimate of drug-likeness (QED) is 0.170. The number of likely N-dealkylation sites (N-methyl/N-ethyl adjacent to an activating group) is 1. The number of carbonyl (C=O) groups is 1. The van der Waals surface area contributed by atoms with Gasteiger partial charge in [0.1, 0.15) is 24.1 Å². The number of methoxy groups -OCH3 is 1. The number of hydrogen-bond acceptors (Lipinski definition) is 10. The van der Waals surface area contributed by atoms with Crippen molar-refractivity contribution in [2.45, 2.75) is 70.0 Å². The Morgan fingerprint density at radius 2 is 1.85 bits per heavy atom. The van der Waals surface area contributed by atoms with Crippen molar-refractivity contribution >= 4 is 12.0 Å². The Balaban J connectivity index is 0.00000464. The van der Waals surface area contributed by atoms with Crippen molar-refractivity contribution in [3.63, 3.8) is 0 Å². The molecule has 14 heteroatoms. The number of esters is 1. The van der Waals surface area contributed by atoms with Crippen molar-refractivity contribution in [1.29, 1.82) is 5.26 Å². The first kappa shape index (κ1) is 38.4. The molecule has 1 N–H and O–H groups in total. The molecule has 1 unspecified atom stereocenters. The Morgan fingerprint density at radius 3 is 2.56 bits per heavy atom. The predicted octanol–water partition coefficient (Wildman–Crippen LogP) is 6.08. The van der Waals surface area contributed by atoms with E-state index in [1.54, 1.807) is 14.0 Å². The third kappa shape index (κ3) is 6.47. The van der Waals surface area contributed by atoms with Crippen LogP contribution in [0.1, 0.15) is 62.2 Å². The van der Waals surface area contributed by atoms with Crippen molar-refractivity contribution in [3.8, 4) is 29.1 Å². The van der Waals surface area contributed by atoms with Crippen LogP contribution in [0.2, 0.25) is 0 Å². The molecule has 52 heavy (non-hydrogen) atoms. The summed E-state index contributed by atoms with van der Waals surface area (Å²) in [6.07, 6.45) is -1.29. The van der Waals surface area contributed by atoms with E-state index in [9.17, 15) is 28.3 Å². The summed E-state index contributed by atoms with van der Waals surface area (Å²) in [7, 11) is 3.57. The summed E-state index contributed by atoms with van der Waals surface area (Å²) < 4.78 is 69.0. The number of benzene rings is 3. The average Bonchev–Trinajstić information content (AvgIpc) is 3.59. The fraction of sp³-hybridized carbons (Fsp3) is 0.421. The first-order valence-electron chi connectivity index (χ1n) is 16.6. The van der Waals surface area contributed by atoms with Crippen LogP contribution >= 0.6 is 0 Å². The number of rotatable bonds is 7. The van der Waals surface area contributed by atoms with Crippen molar-refractivity contribution in [2.24, 2.45) is 0 Å². The van der Waals surface area contributed by atoms with Crippen molar-refractivity contribution in [3.05, 3.63) is 86.5 Å². The van der Waals surface area contributed by atoms with Crippen LogP contribution in [0.5, 0.6) is 23.0 Å². The number of ether oxygens (including phenoxy) is 5. The summed E-state index contributed by atoms with van der Waals surface area (Å²) >= 11 is 0. The molecule has 10 nitrogen and oxygen atoms in total. The Hall–Kier alpha value is -3.33. The number of nitrogens with zero attached hydrogens (tertiary/aromatic N) is 3. The molecular formula is C38H38AcF3N3O7. The number of alkyl halides is 3. The van der Waals surface area contributed by atoms with Gasteiger partial charge in [0.15, 0.2) is 18.3 Å². The van der Waals surface area contributed by atoms with Gasteiger partial charge in [-0.2, -0.15) is 18.4 Å². The van der Waals surface area contributed by atoms with E-state index < -0.39 is 29.8 Å². The van der Waals surface area contributed by atoms with Gasteiger partial charge in [0.25, 0.3) is 0 Å². The standard InChI is InChI=1S/C38H38F3N3O7.Ac/c1-19-11-23-13-26-28(15-42)44-27(33(43(26)4)31(23)35(20(19)2)49-17-47-5)14-25-32(37-36(50-18-51-37)21(3)34(25)46)29(44)16-48-30(45)10-9-22-7-6-8-24(12-22)38(39,40)41;/h6-12,26-29,33,46H,13-14,16-18H2,1-5H3;/b10-9+;/t26-,27?,28-,29-,33-;/m0./s1. The number of halogens is 3.